The van der Waals surface area contributed by atoms with Gasteiger partial charge in [-0.2, -0.15) is 0 Å². The minimum Gasteiger partial charge on any atom is -0.456 e. The van der Waals surface area contributed by atoms with Crippen LogP contribution in [0.1, 0.15) is 16.7 Å². The van der Waals surface area contributed by atoms with Crippen LogP contribution in [0.5, 0.6) is 11.5 Å². The topological polar surface area (TPSA) is 35.5 Å². The third-order valence-corrected chi connectivity index (χ3v) is 4.94. The fourth-order valence-corrected chi connectivity index (χ4v) is 3.93. The Balaban J connectivity index is 1.99. The Bertz CT molecular complexity index is 1050. The average Bonchev–Trinajstić information content (AvgIpc) is 2.63. The lowest BCUT2D eigenvalue weighted by Gasteiger charge is -2.40. The van der Waals surface area contributed by atoms with Crippen molar-refractivity contribution in [3.63, 3.8) is 0 Å². The zero-order valence-corrected chi connectivity index (χ0v) is 13.1. The van der Waals surface area contributed by atoms with Gasteiger partial charge in [0.05, 0.1) is 0 Å². The molecule has 24 heavy (non-hydrogen) atoms. The van der Waals surface area contributed by atoms with Crippen molar-refractivity contribution in [1.29, 1.82) is 0 Å². The van der Waals surface area contributed by atoms with Crippen molar-refractivity contribution < 1.29 is 14.3 Å². The molecule has 0 fully saturated rings. The maximum atomic E-state index is 13.1. The van der Waals surface area contributed by atoms with Gasteiger partial charge in [0, 0.05) is 18.2 Å². The number of carbonyl (C=O) groups excluding carboxylic acids is 1. The molecule has 1 heterocycles. The summed E-state index contributed by atoms with van der Waals surface area (Å²) in [5.41, 5.74) is 1.38. The Hall–Kier alpha value is -2.91. The fraction of sp³-hybridized carbons (Fsp3) is 0.0952. The highest BCUT2D eigenvalue weighted by Crippen LogP contribution is 2.54. The van der Waals surface area contributed by atoms with Crippen LogP contribution in [-0.2, 0) is 15.1 Å². The minimum atomic E-state index is -1.16. The van der Waals surface area contributed by atoms with E-state index in [-0.39, 0.29) is 5.78 Å². The maximum Gasteiger partial charge on any atom is 0.197 e. The van der Waals surface area contributed by atoms with Gasteiger partial charge in [-0.25, -0.2) is 0 Å². The van der Waals surface area contributed by atoms with E-state index in [0.29, 0.717) is 11.5 Å². The van der Waals surface area contributed by atoms with Crippen LogP contribution in [0.25, 0.3) is 16.8 Å². The number of rotatable bonds is 1. The standard InChI is InChI=1S/C21H14O3/c1-23-21-18(22)12-10-14-6-4-8-16(19(14)21)24-17-11-9-13-5-2-3-7-15(13)20(17)21/h2-12H,1H3/t21-/m1/s1. The molecule has 3 heteroatoms. The molecule has 0 saturated carbocycles. The number of fused-ring (bicyclic) bond motifs is 4. The van der Waals surface area contributed by atoms with Crippen LogP contribution in [0.3, 0.4) is 0 Å². The fourth-order valence-electron chi connectivity index (χ4n) is 3.93. The molecule has 3 aromatic rings. The van der Waals surface area contributed by atoms with Crippen LogP contribution in [0.15, 0.2) is 60.7 Å². The third-order valence-electron chi connectivity index (χ3n) is 4.94. The lowest BCUT2D eigenvalue weighted by Crippen LogP contribution is -2.42. The van der Waals surface area contributed by atoms with E-state index in [0.717, 1.165) is 27.5 Å². The zero-order chi connectivity index (χ0) is 16.3. The van der Waals surface area contributed by atoms with Gasteiger partial charge >= 0.3 is 0 Å². The Morgan fingerprint density at radius 3 is 2.58 bits per heavy atom. The summed E-state index contributed by atoms with van der Waals surface area (Å²) in [5.74, 6) is 1.27. The van der Waals surface area contributed by atoms with E-state index in [1.54, 1.807) is 13.2 Å². The molecule has 0 amide bonds. The molecule has 0 radical (unpaired) electrons. The van der Waals surface area contributed by atoms with Gasteiger partial charge in [-0.15, -0.1) is 0 Å². The second-order valence-corrected chi connectivity index (χ2v) is 6.07. The third kappa shape index (κ3) is 1.47. The molecule has 0 unspecified atom stereocenters. The van der Waals surface area contributed by atoms with Crippen LogP contribution >= 0.6 is 0 Å². The molecular formula is C21H14O3. The second-order valence-electron chi connectivity index (χ2n) is 6.07. The predicted octanol–water partition coefficient (Wildman–Crippen LogP) is 4.43. The van der Waals surface area contributed by atoms with Gasteiger partial charge in [-0.05, 0) is 34.5 Å². The van der Waals surface area contributed by atoms with Gasteiger partial charge in [0.2, 0.25) is 0 Å². The van der Waals surface area contributed by atoms with Crippen LogP contribution in [0.4, 0.5) is 0 Å². The number of hydrogen-bond donors (Lipinski definition) is 0. The van der Waals surface area contributed by atoms with Crippen LogP contribution < -0.4 is 4.74 Å². The van der Waals surface area contributed by atoms with Crippen molar-refractivity contribution in [3.8, 4) is 11.5 Å². The van der Waals surface area contributed by atoms with E-state index in [1.807, 2.05) is 60.7 Å². The summed E-state index contributed by atoms with van der Waals surface area (Å²) >= 11 is 0. The number of carbonyl (C=O) groups is 1. The summed E-state index contributed by atoms with van der Waals surface area (Å²) < 4.78 is 12.1. The van der Waals surface area contributed by atoms with Crippen molar-refractivity contribution >= 4 is 22.6 Å². The van der Waals surface area contributed by atoms with E-state index >= 15 is 0 Å². The van der Waals surface area contributed by atoms with E-state index in [4.69, 9.17) is 9.47 Å². The highest BCUT2D eigenvalue weighted by molar-refractivity contribution is 6.10. The maximum absolute atomic E-state index is 13.1. The molecule has 116 valence electrons. The number of ether oxygens (including phenoxy) is 2. The first-order valence-electron chi connectivity index (χ1n) is 7.87. The minimum absolute atomic E-state index is 0.0779. The van der Waals surface area contributed by atoms with Crippen molar-refractivity contribution in [3.05, 3.63) is 77.4 Å². The predicted molar refractivity (Wildman–Crippen MR) is 92.3 cm³/mol. The molecule has 0 aromatic heterocycles. The summed E-state index contributed by atoms with van der Waals surface area (Å²) in [7, 11) is 1.59. The summed E-state index contributed by atoms with van der Waals surface area (Å²) in [6.45, 7) is 0. The van der Waals surface area contributed by atoms with Gasteiger partial charge in [0.15, 0.2) is 11.4 Å². The first-order chi connectivity index (χ1) is 11.8. The smallest absolute Gasteiger partial charge is 0.197 e. The highest BCUT2D eigenvalue weighted by atomic mass is 16.5. The first-order valence-corrected chi connectivity index (χ1v) is 7.87. The van der Waals surface area contributed by atoms with Crippen molar-refractivity contribution in [2.75, 3.05) is 7.11 Å². The largest absolute Gasteiger partial charge is 0.456 e. The van der Waals surface area contributed by atoms with Gasteiger partial charge in [-0.3, -0.25) is 4.79 Å². The molecule has 2 aliphatic rings. The number of methoxy groups -OCH3 is 1. The zero-order valence-electron chi connectivity index (χ0n) is 13.1. The van der Waals surface area contributed by atoms with Gasteiger partial charge in [0.25, 0.3) is 0 Å². The lowest BCUT2D eigenvalue weighted by atomic mass is 9.73. The van der Waals surface area contributed by atoms with Crippen LogP contribution in [-0.4, -0.2) is 12.9 Å². The highest BCUT2D eigenvalue weighted by Gasteiger charge is 2.51. The Morgan fingerprint density at radius 1 is 0.875 bits per heavy atom. The molecule has 1 aliphatic heterocycles. The number of ketones is 1. The molecule has 1 atom stereocenters. The molecular weight excluding hydrogens is 300 g/mol. The van der Waals surface area contributed by atoms with Crippen LogP contribution in [0.2, 0.25) is 0 Å². The molecule has 0 saturated heterocycles. The monoisotopic (exact) mass is 314 g/mol. The lowest BCUT2D eigenvalue weighted by molar-refractivity contribution is -0.132. The Labute approximate surface area is 139 Å². The molecule has 0 bridgehead atoms. The van der Waals surface area contributed by atoms with Gasteiger partial charge in [-0.1, -0.05) is 48.5 Å². The molecule has 1 aliphatic carbocycles. The van der Waals surface area contributed by atoms with Crippen molar-refractivity contribution in [2.24, 2.45) is 0 Å². The van der Waals surface area contributed by atoms with E-state index in [1.165, 1.54) is 0 Å². The first kappa shape index (κ1) is 13.5. The van der Waals surface area contributed by atoms with Gasteiger partial charge < -0.3 is 9.47 Å². The van der Waals surface area contributed by atoms with Crippen molar-refractivity contribution in [1.82, 2.24) is 0 Å². The molecule has 3 aromatic carbocycles. The quantitative estimate of drug-likeness (QED) is 0.666. The summed E-state index contributed by atoms with van der Waals surface area (Å²) in [6.07, 6.45) is 3.43. The second kappa shape index (κ2) is 4.56. The van der Waals surface area contributed by atoms with E-state index < -0.39 is 5.60 Å². The molecule has 3 nitrogen and oxygen atoms in total. The van der Waals surface area contributed by atoms with Crippen molar-refractivity contribution in [2.45, 2.75) is 5.60 Å². The summed E-state index contributed by atoms with van der Waals surface area (Å²) in [4.78, 5) is 13.1. The molecule has 0 spiro atoms. The van der Waals surface area contributed by atoms with Gasteiger partial charge in [0.1, 0.15) is 11.5 Å². The van der Waals surface area contributed by atoms with E-state index in [2.05, 4.69) is 0 Å². The number of benzene rings is 3. The number of hydrogen-bond acceptors (Lipinski definition) is 3. The Kier molecular flexibility index (Phi) is 2.57. The molecule has 5 rings (SSSR count). The molecule has 0 N–H and O–H groups in total. The Morgan fingerprint density at radius 2 is 1.71 bits per heavy atom. The van der Waals surface area contributed by atoms with E-state index in [9.17, 15) is 4.79 Å². The normalized spacial score (nSPS) is 20.5. The average molecular weight is 314 g/mol. The SMILES string of the molecule is CO[C@]12C(=O)C=Cc3cccc(c31)Oc1ccc3ccccc3c12. The van der Waals surface area contributed by atoms with Crippen LogP contribution in [0, 0.1) is 0 Å². The summed E-state index contributed by atoms with van der Waals surface area (Å²) in [5, 5.41) is 2.03. The summed E-state index contributed by atoms with van der Waals surface area (Å²) in [6, 6.07) is 17.7.